The van der Waals surface area contributed by atoms with Gasteiger partial charge in [-0.1, -0.05) is 19.6 Å². The fourth-order valence-electron chi connectivity index (χ4n) is 5.75. The molecule has 12 nitrogen and oxygen atoms in total. The van der Waals surface area contributed by atoms with Crippen molar-refractivity contribution in [2.45, 2.75) is 50.9 Å². The lowest BCUT2D eigenvalue weighted by Gasteiger charge is -2.42. The van der Waals surface area contributed by atoms with Crippen LogP contribution >= 0.6 is 0 Å². The Kier molecular flexibility index (Phi) is 10.8. The summed E-state index contributed by atoms with van der Waals surface area (Å²) >= 11 is 0. The summed E-state index contributed by atoms with van der Waals surface area (Å²) in [4.78, 5) is 26.1. The van der Waals surface area contributed by atoms with Crippen LogP contribution in [0.1, 0.15) is 28.4 Å². The molecule has 14 heteroatoms. The zero-order valence-corrected chi connectivity index (χ0v) is 28.3. The molecule has 246 valence electrons. The summed E-state index contributed by atoms with van der Waals surface area (Å²) < 4.78 is 29.9. The van der Waals surface area contributed by atoms with Gasteiger partial charge >= 0.3 is 0 Å². The maximum atomic E-state index is 14.6. The van der Waals surface area contributed by atoms with E-state index >= 15 is 0 Å². The van der Waals surface area contributed by atoms with Gasteiger partial charge in [-0.2, -0.15) is 15.6 Å². The van der Waals surface area contributed by atoms with Crippen LogP contribution in [0.3, 0.4) is 0 Å². The van der Waals surface area contributed by atoms with E-state index in [1.807, 2.05) is 29.1 Å². The van der Waals surface area contributed by atoms with E-state index in [0.29, 0.717) is 46.1 Å². The molecule has 0 aliphatic carbocycles. The van der Waals surface area contributed by atoms with Crippen molar-refractivity contribution in [3.05, 3.63) is 66.1 Å². The predicted octanol–water partition coefficient (Wildman–Crippen LogP) is 4.55. The Labute approximate surface area is 274 Å². The fourth-order valence-corrected chi connectivity index (χ4v) is 6.51. The normalized spacial score (nSPS) is 16.2. The molecule has 0 N–H and O–H groups in total. The Hall–Kier alpha value is -4.47. The van der Waals surface area contributed by atoms with E-state index in [1.54, 1.807) is 29.2 Å². The van der Waals surface area contributed by atoms with Gasteiger partial charge in [0.15, 0.2) is 0 Å². The molecule has 0 radical (unpaired) electrons. The second kappa shape index (κ2) is 15.0. The average molecular weight is 658 g/mol. The van der Waals surface area contributed by atoms with Crippen molar-refractivity contribution in [2.24, 2.45) is 0 Å². The van der Waals surface area contributed by atoms with Crippen molar-refractivity contribution < 1.29 is 18.7 Å². The summed E-state index contributed by atoms with van der Waals surface area (Å²) in [5.74, 6) is -1.15. The summed E-state index contributed by atoms with van der Waals surface area (Å²) in [5, 5.41) is 24.3. The molecule has 1 aromatic carbocycles. The number of nitrogens with zero attached hydrogens (tertiary/aromatic N) is 9. The van der Waals surface area contributed by atoms with Gasteiger partial charge in [-0.25, -0.2) is 14.4 Å². The molecule has 5 rings (SSSR count). The lowest BCUT2D eigenvalue weighted by molar-refractivity contribution is 0.0165. The molecule has 1 aliphatic rings. The summed E-state index contributed by atoms with van der Waals surface area (Å²) in [6.45, 7) is 10.2. The van der Waals surface area contributed by atoms with E-state index in [1.165, 1.54) is 12.1 Å². The van der Waals surface area contributed by atoms with Crippen LogP contribution in [-0.2, 0) is 16.2 Å². The molecule has 1 saturated heterocycles. The largest absolute Gasteiger partial charge is 0.383 e. The van der Waals surface area contributed by atoms with Crippen LogP contribution in [0.2, 0.25) is 25.7 Å². The third kappa shape index (κ3) is 8.09. The van der Waals surface area contributed by atoms with Crippen molar-refractivity contribution in [1.29, 1.82) is 10.5 Å². The minimum Gasteiger partial charge on any atom is -0.383 e. The van der Waals surface area contributed by atoms with E-state index in [4.69, 9.17) is 14.7 Å². The zero-order valence-electron chi connectivity index (χ0n) is 27.3. The molecule has 0 saturated carbocycles. The van der Waals surface area contributed by atoms with Crippen molar-refractivity contribution in [3.63, 3.8) is 0 Å². The molecule has 0 bridgehead atoms. The number of methoxy groups -OCH3 is 1. The quantitative estimate of drug-likeness (QED) is 0.150. The van der Waals surface area contributed by atoms with Crippen molar-refractivity contribution in [2.75, 3.05) is 46.5 Å². The number of carbonyl (C=O) groups excluding carboxylic acids is 1. The van der Waals surface area contributed by atoms with Crippen LogP contribution < -0.4 is 0 Å². The highest BCUT2D eigenvalue weighted by Crippen LogP contribution is 2.28. The summed E-state index contributed by atoms with van der Waals surface area (Å²) in [5.41, 5.74) is 2.43. The topological polar surface area (TPSA) is 138 Å². The predicted molar refractivity (Wildman–Crippen MR) is 176 cm³/mol. The first-order chi connectivity index (χ1) is 22.6. The number of amides is 1. The monoisotopic (exact) mass is 657 g/mol. The SMILES string of the molecule is COCC1CN(C(=O)c2ccc(C#N)cc2F)CCN1CC(CC#N)n1cc(-c2ncnc3c2ccn3COCC[Si](C)(C)C)cn1. The molecule has 1 fully saturated rings. The Morgan fingerprint density at radius 3 is 2.74 bits per heavy atom. The van der Waals surface area contributed by atoms with E-state index in [-0.39, 0.29) is 29.6 Å². The van der Waals surface area contributed by atoms with Gasteiger partial charge < -0.3 is 18.9 Å². The minimum atomic E-state index is -1.18. The molecule has 3 aromatic heterocycles. The first-order valence-corrected chi connectivity index (χ1v) is 19.3. The number of rotatable bonds is 13. The van der Waals surface area contributed by atoms with Gasteiger partial charge in [0.25, 0.3) is 5.91 Å². The molecule has 47 heavy (non-hydrogen) atoms. The number of halogens is 1. The van der Waals surface area contributed by atoms with Crippen LogP contribution in [0, 0.1) is 28.5 Å². The number of aromatic nitrogens is 5. The van der Waals surface area contributed by atoms with Crippen LogP contribution in [-0.4, -0.2) is 101 Å². The van der Waals surface area contributed by atoms with Gasteiger partial charge in [0.1, 0.15) is 24.5 Å². The summed E-state index contributed by atoms with van der Waals surface area (Å²) in [6, 6.07) is 10.7. The van der Waals surface area contributed by atoms with Gasteiger partial charge in [-0.15, -0.1) is 0 Å². The highest BCUT2D eigenvalue weighted by atomic mass is 28.3. The second-order valence-corrected chi connectivity index (χ2v) is 18.6. The molecule has 2 atom stereocenters. The summed E-state index contributed by atoms with van der Waals surface area (Å²) in [7, 11) is 0.416. The van der Waals surface area contributed by atoms with Crippen LogP contribution in [0.4, 0.5) is 4.39 Å². The number of fused-ring (bicyclic) bond motifs is 1. The Morgan fingerprint density at radius 1 is 1.19 bits per heavy atom. The van der Waals surface area contributed by atoms with Crippen molar-refractivity contribution >= 4 is 25.0 Å². The number of nitriles is 2. The fraction of sp³-hybridized carbons (Fsp3) is 0.455. The number of benzene rings is 1. The number of ether oxygens (including phenoxy) is 2. The molecule has 2 unspecified atom stereocenters. The highest BCUT2D eigenvalue weighted by molar-refractivity contribution is 6.76. The molecule has 1 aliphatic heterocycles. The smallest absolute Gasteiger partial charge is 0.256 e. The molecular weight excluding hydrogens is 618 g/mol. The summed E-state index contributed by atoms with van der Waals surface area (Å²) in [6.07, 6.45) is 7.38. The Balaban J connectivity index is 1.29. The van der Waals surface area contributed by atoms with Crippen molar-refractivity contribution in [1.82, 2.24) is 34.1 Å². The average Bonchev–Trinajstić information content (AvgIpc) is 3.71. The number of hydrogen-bond acceptors (Lipinski definition) is 9. The lowest BCUT2D eigenvalue weighted by atomic mass is 10.1. The standard InChI is InChI=1S/C33H40FN9O3Si/c1-45-21-27-20-41(33(44)28-6-5-24(16-36)15-30(28)34)12-11-40(27)19-26(7-9-35)43-18-25(17-39-43)31-29-8-10-42(32(29)38-22-37-31)23-46-13-14-47(2,3)4/h5-6,8,10,15,17-18,22,26-27H,7,11-14,19-21,23H2,1-4H3. The molecular formula is C33H40FN9O3Si. The lowest BCUT2D eigenvalue weighted by Crippen LogP contribution is -2.57. The van der Waals surface area contributed by atoms with E-state index < -0.39 is 19.8 Å². The third-order valence-corrected chi connectivity index (χ3v) is 10.1. The van der Waals surface area contributed by atoms with Gasteiger partial charge in [0.2, 0.25) is 0 Å². The van der Waals surface area contributed by atoms with Crippen molar-refractivity contribution in [3.8, 4) is 23.4 Å². The van der Waals surface area contributed by atoms with Gasteiger partial charge in [0, 0.05) is 71.3 Å². The maximum absolute atomic E-state index is 14.6. The molecule has 0 spiro atoms. The maximum Gasteiger partial charge on any atom is 0.256 e. The number of piperazine rings is 1. The van der Waals surface area contributed by atoms with Crippen LogP contribution in [0.25, 0.3) is 22.3 Å². The van der Waals surface area contributed by atoms with Crippen LogP contribution in [0.5, 0.6) is 0 Å². The number of hydrogen-bond donors (Lipinski definition) is 0. The van der Waals surface area contributed by atoms with Gasteiger partial charge in [0.05, 0.1) is 60.3 Å². The first kappa shape index (κ1) is 33.9. The second-order valence-electron chi connectivity index (χ2n) is 13.0. The highest BCUT2D eigenvalue weighted by Gasteiger charge is 2.33. The molecule has 4 aromatic rings. The zero-order chi connectivity index (χ0) is 33.6. The van der Waals surface area contributed by atoms with E-state index in [0.717, 1.165) is 34.4 Å². The van der Waals surface area contributed by atoms with Gasteiger partial charge in [-0.05, 0) is 30.3 Å². The third-order valence-electron chi connectivity index (χ3n) is 8.38. The van der Waals surface area contributed by atoms with Crippen LogP contribution in [0.15, 0.2) is 49.2 Å². The Morgan fingerprint density at radius 2 is 2.02 bits per heavy atom. The first-order valence-electron chi connectivity index (χ1n) is 15.6. The van der Waals surface area contributed by atoms with E-state index in [9.17, 15) is 14.4 Å². The van der Waals surface area contributed by atoms with Gasteiger partial charge in [-0.3, -0.25) is 14.4 Å². The number of carbonyl (C=O) groups is 1. The molecule has 4 heterocycles. The Bertz CT molecular complexity index is 1790. The minimum absolute atomic E-state index is 0.0659. The van der Waals surface area contributed by atoms with E-state index in [2.05, 4.69) is 45.7 Å². The molecule has 1 amide bonds.